The first kappa shape index (κ1) is 13.0. The van der Waals surface area contributed by atoms with Gasteiger partial charge in [0.05, 0.1) is 12.1 Å². The molecule has 3 nitrogen and oxygen atoms in total. The van der Waals surface area contributed by atoms with Gasteiger partial charge in [0.2, 0.25) is 0 Å². The molecule has 1 aromatic rings. The van der Waals surface area contributed by atoms with Gasteiger partial charge in [-0.1, -0.05) is 6.08 Å². The number of anilines is 1. The van der Waals surface area contributed by atoms with Crippen molar-refractivity contribution < 1.29 is 9.84 Å². The van der Waals surface area contributed by atoms with Crippen molar-refractivity contribution in [2.75, 3.05) is 18.5 Å². The van der Waals surface area contributed by atoms with Gasteiger partial charge in [0.15, 0.2) is 0 Å². The van der Waals surface area contributed by atoms with Crippen molar-refractivity contribution in [3.63, 3.8) is 0 Å². The van der Waals surface area contributed by atoms with Gasteiger partial charge in [-0.25, -0.2) is 0 Å². The quantitative estimate of drug-likeness (QED) is 0.859. The van der Waals surface area contributed by atoms with Crippen molar-refractivity contribution in [2.45, 2.75) is 32.7 Å². The van der Waals surface area contributed by atoms with Crippen LogP contribution in [0.4, 0.5) is 5.69 Å². The molecule has 2 N–H and O–H groups in total. The fraction of sp³-hybridized carbons (Fsp3) is 0.467. The van der Waals surface area contributed by atoms with Crippen LogP contribution >= 0.6 is 0 Å². The molecule has 1 aliphatic heterocycles. The van der Waals surface area contributed by atoms with Gasteiger partial charge in [-0.2, -0.15) is 0 Å². The van der Waals surface area contributed by atoms with Crippen LogP contribution in [-0.4, -0.2) is 23.9 Å². The Balaban J connectivity index is 2.37. The first-order valence-corrected chi connectivity index (χ1v) is 6.44. The van der Waals surface area contributed by atoms with Gasteiger partial charge in [-0.05, 0) is 51.0 Å². The van der Waals surface area contributed by atoms with E-state index in [1.807, 2.05) is 25.1 Å². The lowest BCUT2D eigenvalue weighted by atomic mass is 9.86. The van der Waals surface area contributed by atoms with Crippen molar-refractivity contribution in [3.8, 4) is 5.75 Å². The summed E-state index contributed by atoms with van der Waals surface area (Å²) >= 11 is 0. The van der Waals surface area contributed by atoms with Crippen molar-refractivity contribution in [1.82, 2.24) is 0 Å². The van der Waals surface area contributed by atoms with Gasteiger partial charge < -0.3 is 15.2 Å². The Hall–Kier alpha value is -1.48. The molecular weight excluding hydrogens is 226 g/mol. The fourth-order valence-corrected chi connectivity index (χ4v) is 2.32. The Kier molecular flexibility index (Phi) is 3.62. The molecule has 0 fully saturated rings. The summed E-state index contributed by atoms with van der Waals surface area (Å²) in [4.78, 5) is 0. The molecule has 0 unspecified atom stereocenters. The van der Waals surface area contributed by atoms with E-state index in [4.69, 9.17) is 9.84 Å². The van der Waals surface area contributed by atoms with E-state index < -0.39 is 0 Å². The SMILES string of the molecule is CCOc1ccc2c(c1)C=C(CCO)C(C)(C)N2. The smallest absolute Gasteiger partial charge is 0.120 e. The molecule has 0 saturated carbocycles. The third-order valence-corrected chi connectivity index (χ3v) is 3.29. The highest BCUT2D eigenvalue weighted by molar-refractivity contribution is 5.75. The lowest BCUT2D eigenvalue weighted by Crippen LogP contribution is -2.36. The Morgan fingerprint density at radius 3 is 2.78 bits per heavy atom. The highest BCUT2D eigenvalue weighted by Crippen LogP contribution is 2.36. The summed E-state index contributed by atoms with van der Waals surface area (Å²) in [6.07, 6.45) is 2.85. The normalized spacial score (nSPS) is 16.6. The number of hydrogen-bond acceptors (Lipinski definition) is 3. The zero-order valence-corrected chi connectivity index (χ0v) is 11.3. The summed E-state index contributed by atoms with van der Waals surface area (Å²) in [7, 11) is 0. The van der Waals surface area contributed by atoms with E-state index in [2.05, 4.69) is 25.2 Å². The van der Waals surface area contributed by atoms with Crippen LogP contribution in [0.1, 0.15) is 32.8 Å². The van der Waals surface area contributed by atoms with Gasteiger partial charge >= 0.3 is 0 Å². The minimum absolute atomic E-state index is 0.108. The van der Waals surface area contributed by atoms with E-state index in [1.54, 1.807) is 0 Å². The van der Waals surface area contributed by atoms with Crippen LogP contribution in [0.5, 0.6) is 5.75 Å². The van der Waals surface area contributed by atoms with Crippen LogP contribution in [0.2, 0.25) is 0 Å². The summed E-state index contributed by atoms with van der Waals surface area (Å²) in [6, 6.07) is 6.07. The Morgan fingerprint density at radius 1 is 1.33 bits per heavy atom. The number of fused-ring (bicyclic) bond motifs is 1. The van der Waals surface area contributed by atoms with Crippen molar-refractivity contribution >= 4 is 11.8 Å². The van der Waals surface area contributed by atoms with Gasteiger partial charge in [-0.3, -0.25) is 0 Å². The third-order valence-electron chi connectivity index (χ3n) is 3.29. The predicted octanol–water partition coefficient (Wildman–Crippen LogP) is 3.06. The second kappa shape index (κ2) is 5.02. The molecule has 0 aliphatic carbocycles. The number of nitrogens with one attached hydrogen (secondary N) is 1. The largest absolute Gasteiger partial charge is 0.494 e. The van der Waals surface area contributed by atoms with Gasteiger partial charge in [-0.15, -0.1) is 0 Å². The molecule has 0 amide bonds. The Morgan fingerprint density at radius 2 is 2.11 bits per heavy atom. The van der Waals surface area contributed by atoms with Crippen LogP contribution in [0, 0.1) is 0 Å². The topological polar surface area (TPSA) is 41.5 Å². The van der Waals surface area contributed by atoms with Crippen LogP contribution in [0.3, 0.4) is 0 Å². The summed E-state index contributed by atoms with van der Waals surface area (Å²) in [5.74, 6) is 0.886. The van der Waals surface area contributed by atoms with E-state index >= 15 is 0 Å². The van der Waals surface area contributed by atoms with Crippen LogP contribution < -0.4 is 10.1 Å². The summed E-state index contributed by atoms with van der Waals surface area (Å²) in [5.41, 5.74) is 3.35. The molecule has 0 bridgehead atoms. The molecule has 2 rings (SSSR count). The fourth-order valence-electron chi connectivity index (χ4n) is 2.32. The maximum absolute atomic E-state index is 9.14. The van der Waals surface area contributed by atoms with E-state index in [0.717, 1.165) is 17.0 Å². The average molecular weight is 247 g/mol. The minimum atomic E-state index is -0.108. The van der Waals surface area contributed by atoms with E-state index in [0.29, 0.717) is 13.0 Å². The number of benzene rings is 1. The maximum atomic E-state index is 9.14. The second-order valence-corrected chi connectivity index (χ2v) is 5.08. The zero-order valence-electron chi connectivity index (χ0n) is 11.3. The van der Waals surface area contributed by atoms with Crippen molar-refractivity contribution in [3.05, 3.63) is 29.3 Å². The lowest BCUT2D eigenvalue weighted by molar-refractivity contribution is 0.294. The van der Waals surface area contributed by atoms with E-state index in [1.165, 1.54) is 5.57 Å². The number of aliphatic hydroxyl groups excluding tert-OH is 1. The molecule has 18 heavy (non-hydrogen) atoms. The van der Waals surface area contributed by atoms with E-state index in [-0.39, 0.29) is 12.1 Å². The molecule has 1 heterocycles. The van der Waals surface area contributed by atoms with Crippen LogP contribution in [-0.2, 0) is 0 Å². The second-order valence-electron chi connectivity index (χ2n) is 5.08. The number of aliphatic hydroxyl groups is 1. The number of rotatable bonds is 4. The number of ether oxygens (including phenoxy) is 1. The van der Waals surface area contributed by atoms with Crippen LogP contribution in [0.15, 0.2) is 23.8 Å². The van der Waals surface area contributed by atoms with Gasteiger partial charge in [0.25, 0.3) is 0 Å². The van der Waals surface area contributed by atoms with Crippen molar-refractivity contribution in [1.29, 1.82) is 0 Å². The van der Waals surface area contributed by atoms with Gasteiger partial charge in [0.1, 0.15) is 5.75 Å². The third kappa shape index (κ3) is 2.51. The molecule has 1 aliphatic rings. The molecule has 0 atom stereocenters. The first-order chi connectivity index (χ1) is 8.56. The average Bonchev–Trinajstić information content (AvgIpc) is 2.31. The first-order valence-electron chi connectivity index (χ1n) is 6.44. The molecule has 0 saturated heterocycles. The Labute approximate surface area is 108 Å². The number of hydrogen-bond donors (Lipinski definition) is 2. The minimum Gasteiger partial charge on any atom is -0.494 e. The standard InChI is InChI=1S/C15H21NO2/c1-4-18-13-5-6-14-11(10-13)9-12(7-8-17)15(2,3)16-14/h5-6,9-10,16-17H,4,7-8H2,1-3H3. The summed E-state index contributed by atoms with van der Waals surface area (Å²) in [5, 5.41) is 12.6. The Bertz CT molecular complexity index is 464. The maximum Gasteiger partial charge on any atom is 0.120 e. The molecule has 0 aromatic heterocycles. The molecule has 0 radical (unpaired) electrons. The molecule has 98 valence electrons. The van der Waals surface area contributed by atoms with Crippen LogP contribution in [0.25, 0.3) is 6.08 Å². The molecular formula is C15H21NO2. The van der Waals surface area contributed by atoms with Gasteiger partial charge in [0, 0.05) is 17.9 Å². The molecule has 1 aromatic carbocycles. The zero-order chi connectivity index (χ0) is 13.2. The summed E-state index contributed by atoms with van der Waals surface area (Å²) in [6.45, 7) is 7.10. The van der Waals surface area contributed by atoms with E-state index in [9.17, 15) is 0 Å². The highest BCUT2D eigenvalue weighted by Gasteiger charge is 2.27. The monoisotopic (exact) mass is 247 g/mol. The molecule has 3 heteroatoms. The predicted molar refractivity (Wildman–Crippen MR) is 75.0 cm³/mol. The summed E-state index contributed by atoms with van der Waals surface area (Å²) < 4.78 is 5.51. The lowest BCUT2D eigenvalue weighted by Gasteiger charge is -2.35. The molecule has 0 spiro atoms. The highest BCUT2D eigenvalue weighted by atomic mass is 16.5. The van der Waals surface area contributed by atoms with Crippen molar-refractivity contribution in [2.24, 2.45) is 0 Å².